The van der Waals surface area contributed by atoms with Crippen LogP contribution < -0.4 is 5.32 Å². The molecule has 1 saturated carbocycles. The fourth-order valence-electron chi connectivity index (χ4n) is 3.33. The molecule has 1 fully saturated rings. The van der Waals surface area contributed by atoms with Crippen molar-refractivity contribution in [3.05, 3.63) is 83.9 Å². The fraction of sp³-hybridized carbons (Fsp3) is 0.227. The Morgan fingerprint density at radius 1 is 1.11 bits per heavy atom. The van der Waals surface area contributed by atoms with Gasteiger partial charge in [0.05, 0.1) is 17.8 Å². The Hall–Kier alpha value is -2.92. The molecule has 4 rings (SSSR count). The maximum atomic E-state index is 13.1. The Labute approximate surface area is 156 Å². The molecular formula is C22H20FNO3. The second kappa shape index (κ2) is 7.00. The molecule has 3 aromatic rings. The molecule has 5 heteroatoms. The summed E-state index contributed by atoms with van der Waals surface area (Å²) in [6.07, 6.45) is 2.28. The number of hydrogen-bond acceptors (Lipinski definition) is 3. The van der Waals surface area contributed by atoms with Gasteiger partial charge in [-0.05, 0) is 48.2 Å². The number of nitrogens with one attached hydrogen (secondary N) is 1. The van der Waals surface area contributed by atoms with Crippen LogP contribution >= 0.6 is 0 Å². The maximum absolute atomic E-state index is 13.1. The van der Waals surface area contributed by atoms with E-state index in [9.17, 15) is 14.3 Å². The molecule has 2 aromatic carbocycles. The summed E-state index contributed by atoms with van der Waals surface area (Å²) in [7, 11) is 0. The van der Waals surface area contributed by atoms with E-state index in [1.807, 2.05) is 36.4 Å². The number of halogens is 1. The highest BCUT2D eigenvalue weighted by Crippen LogP contribution is 2.48. The van der Waals surface area contributed by atoms with Crippen molar-refractivity contribution >= 4 is 5.91 Å². The molecule has 0 saturated heterocycles. The first-order valence-electron chi connectivity index (χ1n) is 8.95. The predicted octanol–water partition coefficient (Wildman–Crippen LogP) is 3.97. The molecule has 2 N–H and O–H groups in total. The zero-order chi connectivity index (χ0) is 18.9. The van der Waals surface area contributed by atoms with Crippen molar-refractivity contribution in [2.24, 2.45) is 0 Å². The molecule has 1 amide bonds. The number of rotatable bonds is 6. The van der Waals surface area contributed by atoms with Crippen LogP contribution in [0.15, 0.2) is 71.3 Å². The number of amides is 1. The van der Waals surface area contributed by atoms with Crippen molar-refractivity contribution < 1.29 is 18.7 Å². The van der Waals surface area contributed by atoms with E-state index in [2.05, 4.69) is 5.32 Å². The summed E-state index contributed by atoms with van der Waals surface area (Å²) in [5.74, 6) is 0.322. The molecule has 0 aliphatic heterocycles. The molecule has 1 aliphatic rings. The van der Waals surface area contributed by atoms with Crippen LogP contribution in [-0.2, 0) is 10.2 Å². The molecule has 4 nitrogen and oxygen atoms in total. The third-order valence-corrected chi connectivity index (χ3v) is 5.14. The van der Waals surface area contributed by atoms with Crippen LogP contribution in [-0.4, -0.2) is 17.6 Å². The van der Waals surface area contributed by atoms with Crippen molar-refractivity contribution in [2.45, 2.75) is 24.4 Å². The van der Waals surface area contributed by atoms with Gasteiger partial charge in [0.2, 0.25) is 5.91 Å². The second-order valence-corrected chi connectivity index (χ2v) is 6.91. The monoisotopic (exact) mass is 365 g/mol. The lowest BCUT2D eigenvalue weighted by molar-refractivity contribution is -0.124. The standard InChI is InChI=1S/C22H20FNO3/c23-18-9-7-17(8-10-18)22(11-12-22)21(26)24-14-19(25)15-3-5-16(6-4-15)20-2-1-13-27-20/h1-10,13,19,25H,11-12,14H2,(H,24,26)/t19-/m0/s1. The molecule has 1 aromatic heterocycles. The third-order valence-electron chi connectivity index (χ3n) is 5.14. The van der Waals surface area contributed by atoms with E-state index in [-0.39, 0.29) is 18.3 Å². The molecule has 138 valence electrons. The molecule has 1 heterocycles. The van der Waals surface area contributed by atoms with E-state index < -0.39 is 11.5 Å². The van der Waals surface area contributed by atoms with Crippen LogP contribution in [0.2, 0.25) is 0 Å². The largest absolute Gasteiger partial charge is 0.464 e. The summed E-state index contributed by atoms with van der Waals surface area (Å²) < 4.78 is 18.5. The lowest BCUT2D eigenvalue weighted by atomic mass is 9.95. The van der Waals surface area contributed by atoms with Crippen molar-refractivity contribution in [3.8, 4) is 11.3 Å². The normalized spacial score (nSPS) is 15.9. The van der Waals surface area contributed by atoms with Gasteiger partial charge in [-0.25, -0.2) is 4.39 Å². The van der Waals surface area contributed by atoms with Crippen molar-refractivity contribution in [3.63, 3.8) is 0 Å². The minimum atomic E-state index is -0.802. The highest BCUT2D eigenvalue weighted by atomic mass is 19.1. The molecule has 0 bridgehead atoms. The van der Waals surface area contributed by atoms with Crippen LogP contribution in [0.5, 0.6) is 0 Å². The van der Waals surface area contributed by atoms with Gasteiger partial charge in [0.1, 0.15) is 11.6 Å². The molecule has 1 aliphatic carbocycles. The summed E-state index contributed by atoms with van der Waals surface area (Å²) in [6, 6.07) is 17.1. The Kier molecular flexibility index (Phi) is 4.54. The summed E-state index contributed by atoms with van der Waals surface area (Å²) in [4.78, 5) is 12.6. The van der Waals surface area contributed by atoms with E-state index in [1.54, 1.807) is 18.4 Å². The first kappa shape index (κ1) is 17.5. The highest BCUT2D eigenvalue weighted by Gasteiger charge is 2.51. The van der Waals surface area contributed by atoms with Crippen molar-refractivity contribution in [1.29, 1.82) is 0 Å². The van der Waals surface area contributed by atoms with Gasteiger partial charge in [-0.2, -0.15) is 0 Å². The van der Waals surface area contributed by atoms with Gasteiger partial charge >= 0.3 is 0 Å². The van der Waals surface area contributed by atoms with Crippen LogP contribution in [0, 0.1) is 5.82 Å². The van der Waals surface area contributed by atoms with Gasteiger partial charge in [-0.3, -0.25) is 4.79 Å². The molecular weight excluding hydrogens is 345 g/mol. The number of furan rings is 1. The minimum Gasteiger partial charge on any atom is -0.464 e. The molecule has 0 radical (unpaired) electrons. The Bertz CT molecular complexity index is 913. The molecule has 0 unspecified atom stereocenters. The second-order valence-electron chi connectivity index (χ2n) is 6.91. The van der Waals surface area contributed by atoms with E-state index >= 15 is 0 Å². The molecule has 1 atom stereocenters. The van der Waals surface area contributed by atoms with E-state index in [0.717, 1.165) is 35.3 Å². The van der Waals surface area contributed by atoms with Crippen molar-refractivity contribution in [1.82, 2.24) is 5.32 Å². The summed E-state index contributed by atoms with van der Waals surface area (Å²) in [5, 5.41) is 13.2. The van der Waals surface area contributed by atoms with Gasteiger partial charge in [-0.15, -0.1) is 0 Å². The molecule has 27 heavy (non-hydrogen) atoms. The minimum absolute atomic E-state index is 0.125. The number of carbonyl (C=O) groups is 1. The SMILES string of the molecule is O=C(NC[C@H](O)c1ccc(-c2ccco2)cc1)C1(c2ccc(F)cc2)CC1. The molecule has 0 spiro atoms. The van der Waals surface area contributed by atoms with E-state index in [4.69, 9.17) is 4.42 Å². The zero-order valence-corrected chi connectivity index (χ0v) is 14.7. The third kappa shape index (κ3) is 3.51. The smallest absolute Gasteiger partial charge is 0.230 e. The van der Waals surface area contributed by atoms with Crippen LogP contribution in [0.3, 0.4) is 0 Å². The topological polar surface area (TPSA) is 62.5 Å². The van der Waals surface area contributed by atoms with E-state index in [1.165, 1.54) is 12.1 Å². The average Bonchev–Trinajstić information content (AvgIpc) is 3.32. The summed E-state index contributed by atoms with van der Waals surface area (Å²) >= 11 is 0. The average molecular weight is 365 g/mol. The van der Waals surface area contributed by atoms with Crippen molar-refractivity contribution in [2.75, 3.05) is 6.54 Å². The lowest BCUT2D eigenvalue weighted by Gasteiger charge is -2.18. The fourth-order valence-corrected chi connectivity index (χ4v) is 3.33. The van der Waals surface area contributed by atoms with Gasteiger partial charge in [-0.1, -0.05) is 36.4 Å². The predicted molar refractivity (Wildman–Crippen MR) is 99.4 cm³/mol. The Morgan fingerprint density at radius 2 is 1.81 bits per heavy atom. The zero-order valence-electron chi connectivity index (χ0n) is 14.7. The maximum Gasteiger partial charge on any atom is 0.230 e. The van der Waals surface area contributed by atoms with Gasteiger partial charge < -0.3 is 14.8 Å². The first-order chi connectivity index (χ1) is 13.1. The quantitative estimate of drug-likeness (QED) is 0.695. The Balaban J connectivity index is 1.38. The van der Waals surface area contributed by atoms with Crippen LogP contribution in [0.1, 0.15) is 30.1 Å². The van der Waals surface area contributed by atoms with E-state index in [0.29, 0.717) is 0 Å². The first-order valence-corrected chi connectivity index (χ1v) is 8.95. The Morgan fingerprint density at radius 3 is 2.41 bits per heavy atom. The number of benzene rings is 2. The highest BCUT2D eigenvalue weighted by molar-refractivity contribution is 5.91. The summed E-state index contributed by atoms with van der Waals surface area (Å²) in [6.45, 7) is 0.127. The lowest BCUT2D eigenvalue weighted by Crippen LogP contribution is -2.37. The van der Waals surface area contributed by atoms with Gasteiger partial charge in [0.15, 0.2) is 0 Å². The number of hydrogen-bond donors (Lipinski definition) is 2. The van der Waals surface area contributed by atoms with Crippen LogP contribution in [0.25, 0.3) is 11.3 Å². The number of carbonyl (C=O) groups excluding carboxylic acids is 1. The number of aliphatic hydroxyl groups is 1. The van der Waals surface area contributed by atoms with Gasteiger partial charge in [0, 0.05) is 12.1 Å². The van der Waals surface area contributed by atoms with Crippen LogP contribution in [0.4, 0.5) is 4.39 Å². The number of aliphatic hydroxyl groups excluding tert-OH is 1. The van der Waals surface area contributed by atoms with Gasteiger partial charge in [0.25, 0.3) is 0 Å². The summed E-state index contributed by atoms with van der Waals surface area (Å²) in [5.41, 5.74) is 1.88.